The van der Waals surface area contributed by atoms with E-state index in [1.54, 1.807) is 32.4 Å². The van der Waals surface area contributed by atoms with Gasteiger partial charge in [0.15, 0.2) is 11.5 Å². The molecule has 0 aliphatic carbocycles. The fourth-order valence-corrected chi connectivity index (χ4v) is 1.66. The fourth-order valence-electron chi connectivity index (χ4n) is 1.66. The third-order valence-electron chi connectivity index (χ3n) is 2.80. The van der Waals surface area contributed by atoms with Gasteiger partial charge in [0, 0.05) is 5.54 Å². The van der Waals surface area contributed by atoms with Gasteiger partial charge in [-0.1, -0.05) is 6.07 Å². The van der Waals surface area contributed by atoms with Crippen molar-refractivity contribution in [3.05, 3.63) is 23.8 Å². The molecule has 0 spiro atoms. The van der Waals surface area contributed by atoms with Crippen LogP contribution in [0.2, 0.25) is 0 Å². The molecule has 0 heterocycles. The van der Waals surface area contributed by atoms with E-state index in [9.17, 15) is 10.4 Å². The van der Waals surface area contributed by atoms with Gasteiger partial charge in [-0.05, 0) is 31.5 Å². The quantitative estimate of drug-likeness (QED) is 0.817. The molecule has 0 saturated carbocycles. The molecule has 0 bridgehead atoms. The standard InChI is InChI=1S/C14H20N2O3/c1-14(2,9-17)16-11(8-15)10-5-6-12(18-3)13(7-10)19-4/h5-7,11,16-17H,9H2,1-4H3. The van der Waals surface area contributed by atoms with Gasteiger partial charge in [0.25, 0.3) is 0 Å². The molecule has 0 aromatic heterocycles. The summed E-state index contributed by atoms with van der Waals surface area (Å²) in [4.78, 5) is 0. The Kier molecular flexibility index (Phi) is 5.16. The van der Waals surface area contributed by atoms with E-state index in [4.69, 9.17) is 9.47 Å². The van der Waals surface area contributed by atoms with Crippen molar-refractivity contribution in [3.63, 3.8) is 0 Å². The number of hydrogen-bond acceptors (Lipinski definition) is 5. The number of nitrogens with zero attached hydrogens (tertiary/aromatic N) is 1. The van der Waals surface area contributed by atoms with Crippen LogP contribution in [0.15, 0.2) is 18.2 Å². The van der Waals surface area contributed by atoms with Crippen molar-refractivity contribution in [2.45, 2.75) is 25.4 Å². The van der Waals surface area contributed by atoms with Crippen LogP contribution in [-0.2, 0) is 0 Å². The molecule has 0 aliphatic rings. The summed E-state index contributed by atoms with van der Waals surface area (Å²) in [5.41, 5.74) is 0.231. The van der Waals surface area contributed by atoms with Crippen LogP contribution in [0, 0.1) is 11.3 Å². The molecule has 1 atom stereocenters. The molecule has 0 amide bonds. The first-order valence-corrected chi connectivity index (χ1v) is 5.97. The number of methoxy groups -OCH3 is 2. The van der Waals surface area contributed by atoms with Gasteiger partial charge in [0.05, 0.1) is 26.9 Å². The fraction of sp³-hybridized carbons (Fsp3) is 0.500. The molecule has 1 rings (SSSR count). The van der Waals surface area contributed by atoms with E-state index in [0.717, 1.165) is 5.56 Å². The monoisotopic (exact) mass is 264 g/mol. The summed E-state index contributed by atoms with van der Waals surface area (Å²) in [6.07, 6.45) is 0. The molecule has 0 saturated heterocycles. The topological polar surface area (TPSA) is 74.5 Å². The summed E-state index contributed by atoms with van der Waals surface area (Å²) in [5, 5.41) is 21.6. The molecule has 104 valence electrons. The summed E-state index contributed by atoms with van der Waals surface area (Å²) in [7, 11) is 3.11. The predicted molar refractivity (Wildman–Crippen MR) is 72.2 cm³/mol. The minimum Gasteiger partial charge on any atom is -0.493 e. The molecule has 1 aromatic carbocycles. The summed E-state index contributed by atoms with van der Waals surface area (Å²) in [6, 6.07) is 6.97. The average Bonchev–Trinajstić information content (AvgIpc) is 2.44. The Morgan fingerprint density at radius 3 is 2.42 bits per heavy atom. The molecule has 0 aliphatic heterocycles. The maximum atomic E-state index is 9.26. The lowest BCUT2D eigenvalue weighted by molar-refractivity contribution is 0.182. The minimum atomic E-state index is -0.534. The lowest BCUT2D eigenvalue weighted by Gasteiger charge is -2.27. The van der Waals surface area contributed by atoms with Crippen molar-refractivity contribution < 1.29 is 14.6 Å². The SMILES string of the molecule is COc1ccc(C(C#N)NC(C)(C)CO)cc1OC. The van der Waals surface area contributed by atoms with E-state index in [1.165, 1.54) is 0 Å². The molecule has 0 fully saturated rings. The lowest BCUT2D eigenvalue weighted by atomic mass is 10.0. The first-order chi connectivity index (χ1) is 8.97. The third-order valence-corrected chi connectivity index (χ3v) is 2.80. The molecular formula is C14H20N2O3. The number of aliphatic hydroxyl groups excluding tert-OH is 1. The highest BCUT2D eigenvalue weighted by molar-refractivity contribution is 5.44. The molecule has 19 heavy (non-hydrogen) atoms. The molecule has 1 unspecified atom stereocenters. The van der Waals surface area contributed by atoms with Crippen LogP contribution < -0.4 is 14.8 Å². The zero-order chi connectivity index (χ0) is 14.5. The van der Waals surface area contributed by atoms with E-state index in [-0.39, 0.29) is 6.61 Å². The second kappa shape index (κ2) is 6.41. The molecule has 2 N–H and O–H groups in total. The van der Waals surface area contributed by atoms with E-state index in [2.05, 4.69) is 11.4 Å². The largest absolute Gasteiger partial charge is 0.493 e. The molecule has 5 heteroatoms. The Labute approximate surface area is 113 Å². The Morgan fingerprint density at radius 1 is 1.32 bits per heavy atom. The van der Waals surface area contributed by atoms with Crippen molar-refractivity contribution in [1.82, 2.24) is 5.32 Å². The Bertz CT molecular complexity index is 466. The minimum absolute atomic E-state index is 0.0571. The van der Waals surface area contributed by atoms with Crippen LogP contribution in [0.4, 0.5) is 0 Å². The van der Waals surface area contributed by atoms with E-state index in [1.807, 2.05) is 13.8 Å². The summed E-state index contributed by atoms with van der Waals surface area (Å²) >= 11 is 0. The normalized spacial score (nSPS) is 12.6. The molecule has 1 aromatic rings. The van der Waals surface area contributed by atoms with Crippen LogP contribution in [0.1, 0.15) is 25.5 Å². The lowest BCUT2D eigenvalue weighted by Crippen LogP contribution is -2.44. The van der Waals surface area contributed by atoms with Gasteiger partial charge >= 0.3 is 0 Å². The van der Waals surface area contributed by atoms with Gasteiger partial charge in [-0.2, -0.15) is 5.26 Å². The van der Waals surface area contributed by atoms with Crippen LogP contribution in [-0.4, -0.2) is 31.5 Å². The Hall–Kier alpha value is -1.77. The molecular weight excluding hydrogens is 244 g/mol. The number of ether oxygens (including phenoxy) is 2. The molecule has 5 nitrogen and oxygen atoms in total. The first kappa shape index (κ1) is 15.3. The molecule has 0 radical (unpaired) electrons. The first-order valence-electron chi connectivity index (χ1n) is 5.97. The highest BCUT2D eigenvalue weighted by Crippen LogP contribution is 2.30. The van der Waals surface area contributed by atoms with Gasteiger partial charge in [-0.15, -0.1) is 0 Å². The summed E-state index contributed by atoms with van der Waals surface area (Å²) < 4.78 is 10.4. The second-order valence-corrected chi connectivity index (χ2v) is 4.86. The summed E-state index contributed by atoms with van der Waals surface area (Å²) in [5.74, 6) is 1.19. The smallest absolute Gasteiger partial charge is 0.161 e. The van der Waals surface area contributed by atoms with Gasteiger partial charge < -0.3 is 14.6 Å². The van der Waals surface area contributed by atoms with Crippen LogP contribution in [0.3, 0.4) is 0 Å². The van der Waals surface area contributed by atoms with E-state index < -0.39 is 11.6 Å². The Morgan fingerprint density at radius 2 is 1.95 bits per heavy atom. The zero-order valence-corrected chi connectivity index (χ0v) is 11.7. The number of hydrogen-bond donors (Lipinski definition) is 2. The van der Waals surface area contributed by atoms with Crippen molar-refractivity contribution >= 4 is 0 Å². The maximum Gasteiger partial charge on any atom is 0.161 e. The number of rotatable bonds is 6. The van der Waals surface area contributed by atoms with Gasteiger partial charge in [0.2, 0.25) is 0 Å². The highest BCUT2D eigenvalue weighted by Gasteiger charge is 2.23. The maximum absolute atomic E-state index is 9.26. The van der Waals surface area contributed by atoms with Crippen LogP contribution in [0.5, 0.6) is 11.5 Å². The van der Waals surface area contributed by atoms with Gasteiger partial charge in [0.1, 0.15) is 6.04 Å². The van der Waals surface area contributed by atoms with Crippen LogP contribution >= 0.6 is 0 Å². The van der Waals surface area contributed by atoms with E-state index >= 15 is 0 Å². The number of nitriles is 1. The highest BCUT2D eigenvalue weighted by atomic mass is 16.5. The number of benzene rings is 1. The third kappa shape index (κ3) is 3.85. The predicted octanol–water partition coefficient (Wildman–Crippen LogP) is 1.63. The average molecular weight is 264 g/mol. The van der Waals surface area contributed by atoms with Crippen molar-refractivity contribution in [2.24, 2.45) is 0 Å². The second-order valence-electron chi connectivity index (χ2n) is 4.86. The summed E-state index contributed by atoms with van der Waals surface area (Å²) in [6.45, 7) is 3.61. The zero-order valence-electron chi connectivity index (χ0n) is 11.7. The Balaban J connectivity index is 3.03. The van der Waals surface area contributed by atoms with Crippen molar-refractivity contribution in [2.75, 3.05) is 20.8 Å². The van der Waals surface area contributed by atoms with Crippen molar-refractivity contribution in [1.29, 1.82) is 5.26 Å². The van der Waals surface area contributed by atoms with Crippen molar-refractivity contribution in [3.8, 4) is 17.6 Å². The number of nitrogens with one attached hydrogen (secondary N) is 1. The van der Waals surface area contributed by atoms with Gasteiger partial charge in [-0.25, -0.2) is 0 Å². The van der Waals surface area contributed by atoms with Gasteiger partial charge in [-0.3, -0.25) is 5.32 Å². The van der Waals surface area contributed by atoms with E-state index in [0.29, 0.717) is 11.5 Å². The van der Waals surface area contributed by atoms with Crippen LogP contribution in [0.25, 0.3) is 0 Å². The number of aliphatic hydroxyl groups is 1.